The second-order valence-corrected chi connectivity index (χ2v) is 8.95. The van der Waals surface area contributed by atoms with E-state index < -0.39 is 5.82 Å². The number of aliphatic imine (C=N–C) groups is 1. The zero-order valence-corrected chi connectivity index (χ0v) is 21.9. The molecule has 3 N–H and O–H groups in total. The molecular weight excluding hydrogens is 595 g/mol. The molecule has 3 aromatic carbocycles. The van der Waals surface area contributed by atoms with E-state index in [-0.39, 0.29) is 33.1 Å². The van der Waals surface area contributed by atoms with Crippen molar-refractivity contribution in [3.63, 3.8) is 0 Å². The second-order valence-electron chi connectivity index (χ2n) is 6.63. The monoisotopic (exact) mass is 610 g/mol. The number of nitrogens with two attached hydrogens (primary N) is 1. The van der Waals surface area contributed by atoms with Gasteiger partial charge in [0.2, 0.25) is 0 Å². The molecular formula is C23H18Br2ClFN4OS. The third kappa shape index (κ3) is 7.86. The van der Waals surface area contributed by atoms with Crippen molar-refractivity contribution in [2.75, 3.05) is 0 Å². The van der Waals surface area contributed by atoms with Gasteiger partial charge in [-0.1, -0.05) is 57.5 Å². The van der Waals surface area contributed by atoms with Crippen LogP contribution in [-0.2, 0) is 12.3 Å². The van der Waals surface area contributed by atoms with Gasteiger partial charge >= 0.3 is 0 Å². The van der Waals surface area contributed by atoms with Crippen molar-refractivity contribution in [2.45, 2.75) is 12.3 Å². The van der Waals surface area contributed by atoms with Crippen LogP contribution < -0.4 is 11.1 Å². The molecule has 0 saturated heterocycles. The fraction of sp³-hybridized carbons (Fsp3) is 0.0870. The molecule has 0 aromatic heterocycles. The Bertz CT molecular complexity index is 1220. The number of rotatable bonds is 6. The Morgan fingerprint density at radius 3 is 2.58 bits per heavy atom. The van der Waals surface area contributed by atoms with Gasteiger partial charge in [-0.2, -0.15) is 5.26 Å². The minimum absolute atomic E-state index is 0. The molecule has 0 aliphatic carbocycles. The summed E-state index contributed by atoms with van der Waals surface area (Å²) < 4.78 is 14.1. The first-order valence-electron chi connectivity index (χ1n) is 9.33. The summed E-state index contributed by atoms with van der Waals surface area (Å²) in [5, 5.41) is 12.0. The molecule has 0 aliphatic heterocycles. The third-order valence-electron chi connectivity index (χ3n) is 4.37. The molecule has 3 rings (SSSR count). The van der Waals surface area contributed by atoms with Gasteiger partial charge in [-0.3, -0.25) is 4.79 Å². The summed E-state index contributed by atoms with van der Waals surface area (Å²) in [6, 6.07) is 18.6. The highest BCUT2D eigenvalue weighted by Crippen LogP contribution is 2.25. The fourth-order valence-corrected chi connectivity index (χ4v) is 3.99. The Hall–Kier alpha value is -2.38. The minimum Gasteiger partial charge on any atom is -0.378 e. The number of nitriles is 1. The molecule has 3 aromatic rings. The molecule has 0 aliphatic rings. The summed E-state index contributed by atoms with van der Waals surface area (Å²) in [7, 11) is 0. The zero-order chi connectivity index (χ0) is 23.1. The van der Waals surface area contributed by atoms with Gasteiger partial charge in [-0.05, 0) is 53.6 Å². The predicted octanol–water partition coefficient (Wildman–Crippen LogP) is 6.50. The van der Waals surface area contributed by atoms with Crippen molar-refractivity contribution in [3.8, 4) is 6.07 Å². The van der Waals surface area contributed by atoms with E-state index in [0.717, 1.165) is 15.6 Å². The van der Waals surface area contributed by atoms with Crippen molar-refractivity contribution in [3.05, 3.63) is 98.2 Å². The van der Waals surface area contributed by atoms with Crippen molar-refractivity contribution in [1.29, 1.82) is 5.26 Å². The lowest BCUT2D eigenvalue weighted by Crippen LogP contribution is -2.24. The number of halogens is 4. The summed E-state index contributed by atoms with van der Waals surface area (Å²) in [6.45, 7) is 0.332. The van der Waals surface area contributed by atoms with E-state index in [1.807, 2.05) is 12.1 Å². The summed E-state index contributed by atoms with van der Waals surface area (Å²) in [5.41, 5.74) is 9.19. The number of amidine groups is 1. The predicted molar refractivity (Wildman–Crippen MR) is 141 cm³/mol. The highest BCUT2D eigenvalue weighted by Gasteiger charge is 2.13. The molecule has 0 bridgehead atoms. The first-order chi connectivity index (χ1) is 15.4. The average molecular weight is 613 g/mol. The molecule has 0 atom stereocenters. The second kappa shape index (κ2) is 12.8. The molecule has 10 heteroatoms. The van der Waals surface area contributed by atoms with Gasteiger partial charge < -0.3 is 11.1 Å². The zero-order valence-electron chi connectivity index (χ0n) is 17.0. The van der Waals surface area contributed by atoms with Crippen LogP contribution in [0.1, 0.15) is 27.0 Å². The quantitative estimate of drug-likeness (QED) is 0.246. The largest absolute Gasteiger partial charge is 0.378 e. The van der Waals surface area contributed by atoms with Crippen LogP contribution in [0.3, 0.4) is 0 Å². The van der Waals surface area contributed by atoms with Crippen LogP contribution in [0.4, 0.5) is 10.1 Å². The lowest BCUT2D eigenvalue weighted by atomic mass is 10.1. The maximum atomic E-state index is 13.3. The maximum Gasteiger partial charge on any atom is 0.251 e. The Balaban J connectivity index is 0.00000385. The number of carbonyl (C=O) groups is 1. The van der Waals surface area contributed by atoms with Crippen LogP contribution in [0.15, 0.2) is 70.1 Å². The highest BCUT2D eigenvalue weighted by atomic mass is 79.9. The summed E-state index contributed by atoms with van der Waals surface area (Å²) in [4.78, 5) is 17.0. The smallest absolute Gasteiger partial charge is 0.251 e. The van der Waals surface area contributed by atoms with Crippen LogP contribution in [0.5, 0.6) is 0 Å². The average Bonchev–Trinajstić information content (AvgIpc) is 2.79. The molecule has 1 amide bonds. The van der Waals surface area contributed by atoms with Crippen LogP contribution in [0, 0.1) is 17.1 Å². The highest BCUT2D eigenvalue weighted by molar-refractivity contribution is 9.10. The first kappa shape index (κ1) is 26.9. The van der Waals surface area contributed by atoms with Crippen LogP contribution in [-0.4, -0.2) is 11.1 Å². The Morgan fingerprint density at radius 2 is 1.91 bits per heavy atom. The van der Waals surface area contributed by atoms with Crippen molar-refractivity contribution in [2.24, 2.45) is 10.7 Å². The van der Waals surface area contributed by atoms with Crippen molar-refractivity contribution in [1.82, 2.24) is 5.32 Å². The SMILES string of the molecule is Br.N#Cc1ccc(CNC(=O)c2cc(Br)ccc2CSC(N)=Nc2ccc(F)c(Cl)c2)cc1. The van der Waals surface area contributed by atoms with Crippen molar-refractivity contribution >= 4 is 73.0 Å². The van der Waals surface area contributed by atoms with E-state index in [9.17, 15) is 9.18 Å². The molecule has 0 radical (unpaired) electrons. The van der Waals surface area contributed by atoms with E-state index in [1.54, 1.807) is 30.3 Å². The number of thioether (sulfide) groups is 1. The minimum atomic E-state index is -0.525. The standard InChI is InChI=1S/C23H17BrClFN4OS.BrH/c24-17-6-5-16(13-32-23(28)30-18-7-8-21(26)20(25)10-18)19(9-17)22(31)29-12-15-3-1-14(11-27)2-4-15;/h1-10H,12-13H2,(H2,28,30)(H,29,31);1H. The maximum absolute atomic E-state index is 13.3. The molecule has 5 nitrogen and oxygen atoms in total. The number of carbonyl (C=O) groups excluding carboxylic acids is 1. The third-order valence-corrected chi connectivity index (χ3v) is 6.00. The van der Waals surface area contributed by atoms with Gasteiger partial charge in [-0.25, -0.2) is 9.38 Å². The van der Waals surface area contributed by atoms with E-state index in [1.165, 1.54) is 30.0 Å². The fourth-order valence-electron chi connectivity index (χ4n) is 2.73. The molecule has 0 heterocycles. The first-order valence-corrected chi connectivity index (χ1v) is 11.5. The normalized spacial score (nSPS) is 10.8. The number of nitrogens with one attached hydrogen (secondary N) is 1. The number of nitrogens with zero attached hydrogens (tertiary/aromatic N) is 2. The molecule has 0 unspecified atom stereocenters. The van der Waals surface area contributed by atoms with E-state index >= 15 is 0 Å². The summed E-state index contributed by atoms with van der Waals surface area (Å²) in [6.07, 6.45) is 0. The Kier molecular flexibility index (Phi) is 10.4. The molecule has 170 valence electrons. The van der Waals surface area contributed by atoms with Gasteiger partial charge in [-0.15, -0.1) is 17.0 Å². The lowest BCUT2D eigenvalue weighted by Gasteiger charge is -2.11. The van der Waals surface area contributed by atoms with Gasteiger partial charge in [0.25, 0.3) is 5.91 Å². The van der Waals surface area contributed by atoms with Gasteiger partial charge in [0.1, 0.15) is 5.82 Å². The number of hydrogen-bond donors (Lipinski definition) is 2. The van der Waals surface area contributed by atoms with Gasteiger partial charge in [0, 0.05) is 22.3 Å². The molecule has 0 spiro atoms. The molecule has 33 heavy (non-hydrogen) atoms. The summed E-state index contributed by atoms with van der Waals surface area (Å²) >= 11 is 10.4. The van der Waals surface area contributed by atoms with E-state index in [2.05, 4.69) is 32.3 Å². The van der Waals surface area contributed by atoms with Crippen LogP contribution in [0.25, 0.3) is 0 Å². The van der Waals surface area contributed by atoms with E-state index in [0.29, 0.717) is 29.1 Å². The van der Waals surface area contributed by atoms with E-state index in [4.69, 9.17) is 22.6 Å². The van der Waals surface area contributed by atoms with Crippen LogP contribution in [0.2, 0.25) is 5.02 Å². The van der Waals surface area contributed by atoms with Crippen molar-refractivity contribution < 1.29 is 9.18 Å². The Morgan fingerprint density at radius 1 is 1.18 bits per heavy atom. The topological polar surface area (TPSA) is 91.3 Å². The number of benzene rings is 3. The van der Waals surface area contributed by atoms with Gasteiger partial charge in [0.15, 0.2) is 5.17 Å². The lowest BCUT2D eigenvalue weighted by molar-refractivity contribution is 0.0950. The Labute approximate surface area is 219 Å². The number of amides is 1. The van der Waals surface area contributed by atoms with Crippen LogP contribution >= 0.6 is 56.3 Å². The number of hydrogen-bond acceptors (Lipinski definition) is 4. The molecule has 0 saturated carbocycles. The van der Waals surface area contributed by atoms with Gasteiger partial charge in [0.05, 0.1) is 22.3 Å². The summed E-state index contributed by atoms with van der Waals surface area (Å²) in [5.74, 6) is -0.340. The molecule has 0 fully saturated rings.